The van der Waals surface area contributed by atoms with Crippen LogP contribution in [0.5, 0.6) is 0 Å². The molecule has 1 N–H and O–H groups in total. The van der Waals surface area contributed by atoms with E-state index >= 15 is 0 Å². The summed E-state index contributed by atoms with van der Waals surface area (Å²) in [6.07, 6.45) is 1.70. The quantitative estimate of drug-likeness (QED) is 0.520. The van der Waals surface area contributed by atoms with Gasteiger partial charge in [-0.3, -0.25) is 4.79 Å². The maximum Gasteiger partial charge on any atom is 0.229 e. The van der Waals surface area contributed by atoms with E-state index in [9.17, 15) is 4.79 Å². The van der Waals surface area contributed by atoms with Gasteiger partial charge in [0, 0.05) is 28.9 Å². The largest absolute Gasteiger partial charge is 0.302 e. The van der Waals surface area contributed by atoms with E-state index in [1.807, 2.05) is 18.2 Å². The van der Waals surface area contributed by atoms with Crippen molar-refractivity contribution in [2.45, 2.75) is 31.6 Å². The van der Waals surface area contributed by atoms with Gasteiger partial charge in [-0.2, -0.15) is 0 Å². The number of carbonyl (C=O) groups is 1. The number of nitrogens with zero attached hydrogens (tertiary/aromatic N) is 2. The first-order valence-corrected chi connectivity index (χ1v) is 11.3. The number of benzene rings is 2. The molecule has 0 unspecified atom stereocenters. The summed E-state index contributed by atoms with van der Waals surface area (Å²) in [5.74, 6) is 0.117. The van der Waals surface area contributed by atoms with Crippen LogP contribution >= 0.6 is 34.9 Å². The van der Waals surface area contributed by atoms with Gasteiger partial charge in [0.25, 0.3) is 0 Å². The van der Waals surface area contributed by atoms with Gasteiger partial charge in [0.05, 0.1) is 10.2 Å². The van der Waals surface area contributed by atoms with Crippen LogP contribution in [0.1, 0.15) is 24.0 Å². The number of hydrogen-bond acceptors (Lipinski definition) is 5. The molecule has 1 aliphatic heterocycles. The Morgan fingerprint density at radius 3 is 2.79 bits per heavy atom. The molecule has 1 fully saturated rings. The van der Waals surface area contributed by atoms with Crippen molar-refractivity contribution in [1.82, 2.24) is 9.29 Å². The van der Waals surface area contributed by atoms with E-state index in [2.05, 4.69) is 46.7 Å². The van der Waals surface area contributed by atoms with Crippen molar-refractivity contribution >= 4 is 56.1 Å². The van der Waals surface area contributed by atoms with Gasteiger partial charge in [-0.1, -0.05) is 35.1 Å². The lowest BCUT2D eigenvalue weighted by Gasteiger charge is -2.30. The second kappa shape index (κ2) is 8.41. The summed E-state index contributed by atoms with van der Waals surface area (Å²) in [6.45, 7) is 5.92. The number of aromatic nitrogens is 1. The Kier molecular flexibility index (Phi) is 5.92. The molecule has 0 radical (unpaired) electrons. The first kappa shape index (κ1) is 19.7. The van der Waals surface area contributed by atoms with E-state index in [0.717, 1.165) is 46.1 Å². The zero-order valence-corrected chi connectivity index (χ0v) is 18.3. The summed E-state index contributed by atoms with van der Waals surface area (Å²) < 4.78 is 3.45. The molecule has 28 heavy (non-hydrogen) atoms. The molecule has 1 saturated heterocycles. The molecule has 2 heterocycles. The lowest BCUT2D eigenvalue weighted by molar-refractivity contribution is -0.120. The average Bonchev–Trinajstić information content (AvgIpc) is 3.05. The summed E-state index contributed by atoms with van der Waals surface area (Å²) in [5.41, 5.74) is 3.36. The fourth-order valence-corrected chi connectivity index (χ4v) is 5.70. The standard InChI is InChI=1S/C21H22ClN3OS2/c1-13-10-14(2)19-18(11-13)23-21(27-19)24-20(26)15-6-8-25(9-7-15)28-17-5-3-4-16(22)12-17/h3-5,10-12,15H,6-9H2,1-2H3,(H,23,24,26). The first-order chi connectivity index (χ1) is 13.5. The second-order valence-corrected chi connectivity index (χ2v) is 9.80. The second-order valence-electron chi connectivity index (χ2n) is 7.19. The highest BCUT2D eigenvalue weighted by molar-refractivity contribution is 7.97. The number of hydrogen-bond donors (Lipinski definition) is 1. The Balaban J connectivity index is 1.34. The van der Waals surface area contributed by atoms with Crippen LogP contribution in [-0.4, -0.2) is 28.3 Å². The third-order valence-electron chi connectivity index (χ3n) is 4.91. The van der Waals surface area contributed by atoms with Crippen molar-refractivity contribution in [3.63, 3.8) is 0 Å². The van der Waals surface area contributed by atoms with Gasteiger partial charge in [-0.05, 0) is 74.0 Å². The van der Waals surface area contributed by atoms with Gasteiger partial charge >= 0.3 is 0 Å². The fourth-order valence-electron chi connectivity index (χ4n) is 3.52. The number of fused-ring (bicyclic) bond motifs is 1. The molecule has 0 spiro atoms. The van der Waals surface area contributed by atoms with Gasteiger partial charge in [-0.15, -0.1) is 0 Å². The summed E-state index contributed by atoms with van der Waals surface area (Å²) in [7, 11) is 0. The minimum Gasteiger partial charge on any atom is -0.302 e. The van der Waals surface area contributed by atoms with E-state index < -0.39 is 0 Å². The number of carbonyl (C=O) groups excluding carboxylic acids is 1. The van der Waals surface area contributed by atoms with Gasteiger partial charge in [0.1, 0.15) is 0 Å². The lowest BCUT2D eigenvalue weighted by Crippen LogP contribution is -2.34. The monoisotopic (exact) mass is 431 g/mol. The van der Waals surface area contributed by atoms with Crippen LogP contribution < -0.4 is 5.32 Å². The Bertz CT molecular complexity index is 1010. The number of halogens is 1. The Hall–Kier alpha value is -1.60. The van der Waals surface area contributed by atoms with Crippen LogP contribution in [0, 0.1) is 19.8 Å². The Labute approximate surface area is 178 Å². The zero-order valence-electron chi connectivity index (χ0n) is 15.9. The maximum atomic E-state index is 12.7. The van der Waals surface area contributed by atoms with E-state index in [1.54, 1.807) is 23.3 Å². The number of piperidine rings is 1. The highest BCUT2D eigenvalue weighted by Gasteiger charge is 2.26. The summed E-state index contributed by atoms with van der Waals surface area (Å²) in [5, 5.41) is 4.49. The Morgan fingerprint density at radius 1 is 1.25 bits per heavy atom. The van der Waals surface area contributed by atoms with Gasteiger partial charge < -0.3 is 5.32 Å². The first-order valence-electron chi connectivity index (χ1n) is 9.35. The predicted octanol–water partition coefficient (Wildman–Crippen LogP) is 5.92. The van der Waals surface area contributed by atoms with Crippen molar-refractivity contribution in [2.24, 2.45) is 5.92 Å². The van der Waals surface area contributed by atoms with E-state index in [-0.39, 0.29) is 11.8 Å². The van der Waals surface area contributed by atoms with Gasteiger partial charge in [0.15, 0.2) is 5.13 Å². The molecule has 1 aromatic heterocycles. The van der Waals surface area contributed by atoms with Crippen LogP contribution in [0.4, 0.5) is 5.13 Å². The van der Waals surface area contributed by atoms with Crippen LogP contribution in [-0.2, 0) is 4.79 Å². The topological polar surface area (TPSA) is 45.2 Å². The van der Waals surface area contributed by atoms with Crippen LogP contribution in [0.3, 0.4) is 0 Å². The maximum absolute atomic E-state index is 12.7. The number of aryl methyl sites for hydroxylation is 2. The van der Waals surface area contributed by atoms with Gasteiger partial charge in [0.2, 0.25) is 5.91 Å². The molecular formula is C21H22ClN3OS2. The molecule has 0 atom stereocenters. The SMILES string of the molecule is Cc1cc(C)c2sc(NC(=O)C3CCN(Sc4cccc(Cl)c4)CC3)nc2c1. The highest BCUT2D eigenvalue weighted by atomic mass is 35.5. The molecule has 0 aliphatic carbocycles. The minimum atomic E-state index is 0.0334. The van der Waals surface area contributed by atoms with E-state index in [4.69, 9.17) is 11.6 Å². The fraction of sp³-hybridized carbons (Fsp3) is 0.333. The highest BCUT2D eigenvalue weighted by Crippen LogP contribution is 2.32. The molecule has 1 aliphatic rings. The van der Waals surface area contributed by atoms with Crippen LogP contribution in [0.2, 0.25) is 5.02 Å². The van der Waals surface area contributed by atoms with Crippen molar-refractivity contribution in [3.05, 3.63) is 52.5 Å². The van der Waals surface area contributed by atoms with Crippen LogP contribution in [0.25, 0.3) is 10.2 Å². The van der Waals surface area contributed by atoms with Gasteiger partial charge in [-0.25, -0.2) is 9.29 Å². The molecule has 4 nitrogen and oxygen atoms in total. The summed E-state index contributed by atoms with van der Waals surface area (Å²) in [6, 6.07) is 12.1. The third-order valence-corrected chi connectivity index (χ3v) is 7.35. The molecular weight excluding hydrogens is 410 g/mol. The minimum absolute atomic E-state index is 0.0334. The van der Waals surface area contributed by atoms with Crippen LogP contribution in [0.15, 0.2) is 41.3 Å². The van der Waals surface area contributed by atoms with E-state index in [0.29, 0.717) is 5.13 Å². The van der Waals surface area contributed by atoms with Crippen molar-refractivity contribution in [1.29, 1.82) is 0 Å². The molecule has 7 heteroatoms. The smallest absolute Gasteiger partial charge is 0.229 e. The predicted molar refractivity (Wildman–Crippen MR) is 119 cm³/mol. The van der Waals surface area contributed by atoms with Crippen molar-refractivity contribution < 1.29 is 4.79 Å². The number of nitrogens with one attached hydrogen (secondary N) is 1. The summed E-state index contributed by atoms with van der Waals surface area (Å²) in [4.78, 5) is 18.5. The number of rotatable bonds is 4. The molecule has 3 aromatic rings. The number of amides is 1. The number of anilines is 1. The summed E-state index contributed by atoms with van der Waals surface area (Å²) >= 11 is 9.33. The number of thiazole rings is 1. The molecule has 146 valence electrons. The molecule has 4 rings (SSSR count). The zero-order chi connectivity index (χ0) is 19.7. The Morgan fingerprint density at radius 2 is 2.04 bits per heavy atom. The normalized spacial score (nSPS) is 15.8. The molecule has 0 bridgehead atoms. The van der Waals surface area contributed by atoms with Crippen molar-refractivity contribution in [3.8, 4) is 0 Å². The third kappa shape index (κ3) is 4.51. The molecule has 1 amide bonds. The lowest BCUT2D eigenvalue weighted by atomic mass is 9.97. The van der Waals surface area contributed by atoms with Crippen molar-refractivity contribution in [2.75, 3.05) is 18.4 Å². The molecule has 0 saturated carbocycles. The molecule has 2 aromatic carbocycles. The van der Waals surface area contributed by atoms with E-state index in [1.165, 1.54) is 11.1 Å². The average molecular weight is 432 g/mol.